The Labute approximate surface area is 182 Å². The Balaban J connectivity index is 0.00000392. The molecule has 2 N–H and O–H groups in total. The summed E-state index contributed by atoms with van der Waals surface area (Å²) in [5.74, 6) is 1.83. The molecule has 0 radical (unpaired) electrons. The first-order chi connectivity index (χ1) is 13.3. The molecule has 2 heterocycles. The predicted octanol–water partition coefficient (Wildman–Crippen LogP) is 1.90. The molecule has 0 saturated heterocycles. The van der Waals surface area contributed by atoms with E-state index < -0.39 is 0 Å². The Morgan fingerprint density at radius 1 is 1.21 bits per heavy atom. The van der Waals surface area contributed by atoms with Gasteiger partial charge in [0.25, 0.3) is 5.89 Å². The number of halogens is 1. The van der Waals surface area contributed by atoms with Gasteiger partial charge in [-0.25, -0.2) is 0 Å². The zero-order valence-corrected chi connectivity index (χ0v) is 18.7. The van der Waals surface area contributed by atoms with E-state index >= 15 is 0 Å². The number of guanidine groups is 1. The summed E-state index contributed by atoms with van der Waals surface area (Å²) >= 11 is 0. The molecule has 10 heteroatoms. The molecule has 0 aliphatic heterocycles. The number of nitrogens with one attached hydrogen (secondary N) is 2. The molecule has 0 spiro atoms. The highest BCUT2D eigenvalue weighted by atomic mass is 127. The summed E-state index contributed by atoms with van der Waals surface area (Å²) in [6.45, 7) is 6.07. The third-order valence-corrected chi connectivity index (χ3v) is 3.49. The summed E-state index contributed by atoms with van der Waals surface area (Å²) in [7, 11) is 1.66. The van der Waals surface area contributed by atoms with Gasteiger partial charge in [0.2, 0.25) is 0 Å². The highest BCUT2D eigenvalue weighted by Crippen LogP contribution is 2.12. The third-order valence-electron chi connectivity index (χ3n) is 3.49. The summed E-state index contributed by atoms with van der Waals surface area (Å²) < 4.78 is 15.6. The number of rotatable bonds is 12. The van der Waals surface area contributed by atoms with Crippen LogP contribution in [0.25, 0.3) is 11.6 Å². The van der Waals surface area contributed by atoms with Crippen molar-refractivity contribution in [1.82, 2.24) is 25.8 Å². The molecule has 0 fully saturated rings. The molecule has 0 aliphatic rings. The highest BCUT2D eigenvalue weighted by molar-refractivity contribution is 14.0. The molecule has 2 rings (SSSR count). The van der Waals surface area contributed by atoms with E-state index in [0.717, 1.165) is 18.9 Å². The van der Waals surface area contributed by atoms with Gasteiger partial charge in [-0.05, 0) is 25.5 Å². The van der Waals surface area contributed by atoms with Gasteiger partial charge in [-0.1, -0.05) is 11.2 Å². The molecule has 0 unspecified atom stereocenters. The molecule has 0 aromatic carbocycles. The maximum Gasteiger partial charge on any atom is 0.276 e. The average molecular weight is 504 g/mol. The molecule has 0 aliphatic carbocycles. The molecule has 0 bridgehead atoms. The second-order valence-corrected chi connectivity index (χ2v) is 5.63. The lowest BCUT2D eigenvalue weighted by Crippen LogP contribution is -2.38. The maximum absolute atomic E-state index is 5.43. The SMILES string of the molecule is CCNC(=NCCCOCCOC)NCCc1noc(-c2ccccn2)n1.I. The summed E-state index contributed by atoms with van der Waals surface area (Å²) in [4.78, 5) is 13.1. The quantitative estimate of drug-likeness (QED) is 0.196. The van der Waals surface area contributed by atoms with E-state index in [-0.39, 0.29) is 24.0 Å². The number of ether oxygens (including phenoxy) is 2. The number of methoxy groups -OCH3 is 1. The second kappa shape index (κ2) is 15.2. The van der Waals surface area contributed by atoms with Crippen molar-refractivity contribution in [2.75, 3.05) is 46.6 Å². The molecule has 2 aromatic rings. The van der Waals surface area contributed by atoms with E-state index in [9.17, 15) is 0 Å². The minimum Gasteiger partial charge on any atom is -0.382 e. The van der Waals surface area contributed by atoms with Crippen molar-refractivity contribution in [2.24, 2.45) is 4.99 Å². The van der Waals surface area contributed by atoms with Gasteiger partial charge in [0.15, 0.2) is 11.8 Å². The molecule has 156 valence electrons. The fourth-order valence-corrected chi connectivity index (χ4v) is 2.19. The zero-order valence-electron chi connectivity index (χ0n) is 16.4. The Morgan fingerprint density at radius 3 is 2.86 bits per heavy atom. The fraction of sp³-hybridized carbons (Fsp3) is 0.556. The van der Waals surface area contributed by atoms with E-state index in [1.165, 1.54) is 0 Å². The van der Waals surface area contributed by atoms with E-state index in [0.29, 0.717) is 56.7 Å². The van der Waals surface area contributed by atoms with Crippen LogP contribution in [-0.4, -0.2) is 67.6 Å². The van der Waals surface area contributed by atoms with Crippen LogP contribution in [0.2, 0.25) is 0 Å². The van der Waals surface area contributed by atoms with Crippen molar-refractivity contribution in [3.63, 3.8) is 0 Å². The van der Waals surface area contributed by atoms with Crippen LogP contribution in [0, 0.1) is 0 Å². The van der Waals surface area contributed by atoms with Crippen molar-refractivity contribution in [3.8, 4) is 11.6 Å². The van der Waals surface area contributed by atoms with Gasteiger partial charge in [0.1, 0.15) is 5.69 Å². The van der Waals surface area contributed by atoms with Gasteiger partial charge in [-0.3, -0.25) is 9.98 Å². The van der Waals surface area contributed by atoms with Gasteiger partial charge in [-0.2, -0.15) is 4.98 Å². The molecule has 9 nitrogen and oxygen atoms in total. The minimum atomic E-state index is 0. The van der Waals surface area contributed by atoms with Gasteiger partial charge < -0.3 is 24.6 Å². The number of aromatic nitrogens is 3. The molecule has 2 aromatic heterocycles. The van der Waals surface area contributed by atoms with Crippen molar-refractivity contribution in [1.29, 1.82) is 0 Å². The Bertz CT molecular complexity index is 668. The minimum absolute atomic E-state index is 0. The first-order valence-corrected chi connectivity index (χ1v) is 9.16. The van der Waals surface area contributed by atoms with Crippen LogP contribution in [0.3, 0.4) is 0 Å². The molecular weight excluding hydrogens is 475 g/mol. The Morgan fingerprint density at radius 2 is 2.11 bits per heavy atom. The third kappa shape index (κ3) is 9.42. The summed E-state index contributed by atoms with van der Waals surface area (Å²) in [6, 6.07) is 5.57. The lowest BCUT2D eigenvalue weighted by Gasteiger charge is -2.10. The van der Waals surface area contributed by atoms with Crippen LogP contribution >= 0.6 is 24.0 Å². The number of pyridine rings is 1. The largest absolute Gasteiger partial charge is 0.382 e. The van der Waals surface area contributed by atoms with Crippen LogP contribution in [0.4, 0.5) is 0 Å². The van der Waals surface area contributed by atoms with Gasteiger partial charge in [0, 0.05) is 46.0 Å². The van der Waals surface area contributed by atoms with Crippen LogP contribution in [0.15, 0.2) is 33.9 Å². The monoisotopic (exact) mass is 504 g/mol. The maximum atomic E-state index is 5.43. The number of hydrogen-bond acceptors (Lipinski definition) is 7. The summed E-state index contributed by atoms with van der Waals surface area (Å²) in [6.07, 6.45) is 3.18. The first-order valence-electron chi connectivity index (χ1n) is 9.16. The zero-order chi connectivity index (χ0) is 19.2. The van der Waals surface area contributed by atoms with Crippen molar-refractivity contribution in [2.45, 2.75) is 19.8 Å². The standard InChI is InChI=1S/C18H28N6O3.HI/c1-3-19-18(21-10-6-12-26-14-13-25-2)22-11-8-16-23-17(27-24-16)15-7-4-5-9-20-15;/h4-5,7,9H,3,6,8,10-14H2,1-2H3,(H2,19,21,22);1H. The second-order valence-electron chi connectivity index (χ2n) is 5.63. The van der Waals surface area contributed by atoms with E-state index in [1.54, 1.807) is 13.3 Å². The van der Waals surface area contributed by atoms with Gasteiger partial charge in [0.05, 0.1) is 13.2 Å². The van der Waals surface area contributed by atoms with Gasteiger partial charge in [-0.15, -0.1) is 24.0 Å². The molecule has 28 heavy (non-hydrogen) atoms. The normalized spacial score (nSPS) is 11.1. The Kier molecular flexibility index (Phi) is 13.1. The smallest absolute Gasteiger partial charge is 0.276 e. The van der Waals surface area contributed by atoms with E-state index in [1.807, 2.05) is 25.1 Å². The molecule has 0 saturated carbocycles. The average Bonchev–Trinajstić information content (AvgIpc) is 3.17. The molecule has 0 amide bonds. The van der Waals surface area contributed by atoms with Crippen LogP contribution in [0.5, 0.6) is 0 Å². The summed E-state index contributed by atoms with van der Waals surface area (Å²) in [5.41, 5.74) is 0.673. The Hall–Kier alpha value is -1.79. The molecular formula is C18H29IN6O3. The van der Waals surface area contributed by atoms with Crippen molar-refractivity contribution < 1.29 is 14.0 Å². The summed E-state index contributed by atoms with van der Waals surface area (Å²) in [5, 5.41) is 10.5. The first kappa shape index (κ1) is 24.2. The number of aliphatic imine (C=N–C) groups is 1. The predicted molar refractivity (Wildman–Crippen MR) is 118 cm³/mol. The fourth-order valence-electron chi connectivity index (χ4n) is 2.19. The highest BCUT2D eigenvalue weighted by Gasteiger charge is 2.09. The van der Waals surface area contributed by atoms with Crippen LogP contribution in [-0.2, 0) is 15.9 Å². The van der Waals surface area contributed by atoms with E-state index in [2.05, 4.69) is 30.8 Å². The van der Waals surface area contributed by atoms with Crippen molar-refractivity contribution >= 4 is 29.9 Å². The number of hydrogen-bond donors (Lipinski definition) is 2. The van der Waals surface area contributed by atoms with Crippen LogP contribution in [0.1, 0.15) is 19.2 Å². The topological polar surface area (TPSA) is 107 Å². The van der Waals surface area contributed by atoms with Crippen LogP contribution < -0.4 is 10.6 Å². The van der Waals surface area contributed by atoms with Crippen molar-refractivity contribution in [3.05, 3.63) is 30.2 Å². The number of nitrogens with zero attached hydrogens (tertiary/aromatic N) is 4. The lowest BCUT2D eigenvalue weighted by atomic mass is 10.3. The van der Waals surface area contributed by atoms with Gasteiger partial charge >= 0.3 is 0 Å². The lowest BCUT2D eigenvalue weighted by molar-refractivity contribution is 0.0702. The van der Waals surface area contributed by atoms with E-state index in [4.69, 9.17) is 14.0 Å². The molecule has 0 atom stereocenters.